The van der Waals surface area contributed by atoms with E-state index in [0.29, 0.717) is 18.2 Å². The number of aromatic amines is 1. The standard InChI is InChI=1S/C13H12FN3O/c1-7-12(6-15)18-13(16-7)11-5-8-4-9(14)2-3-10(8)17-11/h2-5,17H,6,15H2,1H3. The van der Waals surface area contributed by atoms with Crippen molar-refractivity contribution in [3.63, 3.8) is 0 Å². The summed E-state index contributed by atoms with van der Waals surface area (Å²) in [7, 11) is 0. The van der Waals surface area contributed by atoms with E-state index in [0.717, 1.165) is 22.3 Å². The smallest absolute Gasteiger partial charge is 0.243 e. The number of benzene rings is 1. The van der Waals surface area contributed by atoms with Gasteiger partial charge in [-0.25, -0.2) is 9.37 Å². The molecule has 0 aliphatic heterocycles. The van der Waals surface area contributed by atoms with Gasteiger partial charge in [0, 0.05) is 10.9 Å². The van der Waals surface area contributed by atoms with Gasteiger partial charge in [-0.05, 0) is 31.2 Å². The first-order valence-electron chi connectivity index (χ1n) is 5.62. The Labute approximate surface area is 103 Å². The lowest BCUT2D eigenvalue weighted by Crippen LogP contribution is -1.95. The van der Waals surface area contributed by atoms with Crippen LogP contribution in [0, 0.1) is 12.7 Å². The third-order valence-electron chi connectivity index (χ3n) is 2.89. The zero-order valence-electron chi connectivity index (χ0n) is 9.83. The van der Waals surface area contributed by atoms with Gasteiger partial charge >= 0.3 is 0 Å². The lowest BCUT2D eigenvalue weighted by molar-refractivity contribution is 0.517. The van der Waals surface area contributed by atoms with Crippen LogP contribution in [-0.2, 0) is 6.54 Å². The molecular weight excluding hydrogens is 233 g/mol. The summed E-state index contributed by atoms with van der Waals surface area (Å²) in [5, 5.41) is 0.787. The van der Waals surface area contributed by atoms with E-state index in [1.165, 1.54) is 12.1 Å². The number of hydrogen-bond donors (Lipinski definition) is 2. The molecular formula is C13H12FN3O. The van der Waals surface area contributed by atoms with Crippen molar-refractivity contribution in [2.24, 2.45) is 5.73 Å². The third-order valence-corrected chi connectivity index (χ3v) is 2.89. The van der Waals surface area contributed by atoms with Gasteiger partial charge in [-0.1, -0.05) is 0 Å². The summed E-state index contributed by atoms with van der Waals surface area (Å²) in [6.45, 7) is 2.16. The number of hydrogen-bond acceptors (Lipinski definition) is 3. The molecule has 2 aromatic heterocycles. The second kappa shape index (κ2) is 3.96. The monoisotopic (exact) mass is 245 g/mol. The van der Waals surface area contributed by atoms with Crippen LogP contribution in [0.5, 0.6) is 0 Å². The van der Waals surface area contributed by atoms with Crippen molar-refractivity contribution in [2.45, 2.75) is 13.5 Å². The second-order valence-electron chi connectivity index (χ2n) is 4.15. The molecule has 4 nitrogen and oxygen atoms in total. The van der Waals surface area contributed by atoms with Crippen molar-refractivity contribution < 1.29 is 8.81 Å². The fourth-order valence-corrected chi connectivity index (χ4v) is 1.95. The molecule has 0 saturated carbocycles. The predicted octanol–water partition coefficient (Wildman–Crippen LogP) is 2.73. The summed E-state index contributed by atoms with van der Waals surface area (Å²) in [6, 6.07) is 6.38. The van der Waals surface area contributed by atoms with E-state index >= 15 is 0 Å². The van der Waals surface area contributed by atoms with E-state index in [-0.39, 0.29) is 5.82 Å². The number of nitrogens with one attached hydrogen (secondary N) is 1. The Kier molecular flexibility index (Phi) is 2.41. The Morgan fingerprint density at radius 2 is 2.22 bits per heavy atom. The molecule has 0 atom stereocenters. The highest BCUT2D eigenvalue weighted by Gasteiger charge is 2.12. The maximum atomic E-state index is 13.1. The first-order chi connectivity index (χ1) is 8.67. The number of fused-ring (bicyclic) bond motifs is 1. The van der Waals surface area contributed by atoms with E-state index in [9.17, 15) is 4.39 Å². The van der Waals surface area contributed by atoms with Crippen LogP contribution in [0.1, 0.15) is 11.5 Å². The van der Waals surface area contributed by atoms with Crippen LogP contribution < -0.4 is 5.73 Å². The van der Waals surface area contributed by atoms with E-state index < -0.39 is 0 Å². The van der Waals surface area contributed by atoms with Gasteiger partial charge < -0.3 is 15.1 Å². The molecule has 18 heavy (non-hydrogen) atoms. The molecule has 0 saturated heterocycles. The van der Waals surface area contributed by atoms with Crippen molar-refractivity contribution in [1.29, 1.82) is 0 Å². The van der Waals surface area contributed by atoms with Crippen molar-refractivity contribution in [3.05, 3.63) is 41.5 Å². The van der Waals surface area contributed by atoms with Crippen LogP contribution in [-0.4, -0.2) is 9.97 Å². The highest BCUT2D eigenvalue weighted by atomic mass is 19.1. The highest BCUT2D eigenvalue weighted by molar-refractivity contribution is 5.84. The van der Waals surface area contributed by atoms with Crippen LogP contribution in [0.25, 0.3) is 22.5 Å². The number of aromatic nitrogens is 2. The maximum absolute atomic E-state index is 13.1. The average molecular weight is 245 g/mol. The number of H-pyrrole nitrogens is 1. The Morgan fingerprint density at radius 1 is 1.39 bits per heavy atom. The van der Waals surface area contributed by atoms with Gasteiger partial charge in [0.15, 0.2) is 0 Å². The van der Waals surface area contributed by atoms with E-state index in [2.05, 4.69) is 9.97 Å². The fraction of sp³-hybridized carbons (Fsp3) is 0.154. The van der Waals surface area contributed by atoms with Gasteiger partial charge in [0.25, 0.3) is 0 Å². The van der Waals surface area contributed by atoms with Gasteiger partial charge in [0.2, 0.25) is 5.89 Å². The normalized spacial score (nSPS) is 11.3. The Balaban J connectivity index is 2.13. The van der Waals surface area contributed by atoms with Gasteiger partial charge in [-0.3, -0.25) is 0 Å². The number of nitrogens with two attached hydrogens (primary N) is 1. The molecule has 92 valence electrons. The molecule has 3 aromatic rings. The maximum Gasteiger partial charge on any atom is 0.243 e. The second-order valence-corrected chi connectivity index (χ2v) is 4.15. The minimum absolute atomic E-state index is 0.265. The number of halogens is 1. The van der Waals surface area contributed by atoms with Crippen LogP contribution in [0.3, 0.4) is 0 Å². The molecule has 0 radical (unpaired) electrons. The minimum Gasteiger partial charge on any atom is -0.438 e. The Morgan fingerprint density at radius 3 is 2.94 bits per heavy atom. The van der Waals surface area contributed by atoms with E-state index in [4.69, 9.17) is 10.2 Å². The number of oxazole rings is 1. The van der Waals surface area contributed by atoms with Gasteiger partial charge in [0.05, 0.1) is 12.2 Å². The van der Waals surface area contributed by atoms with E-state index in [1.807, 2.05) is 13.0 Å². The summed E-state index contributed by atoms with van der Waals surface area (Å²) < 4.78 is 18.6. The molecule has 0 bridgehead atoms. The molecule has 0 unspecified atom stereocenters. The molecule has 2 heterocycles. The van der Waals surface area contributed by atoms with Crippen LogP contribution in [0.2, 0.25) is 0 Å². The molecule has 3 rings (SSSR count). The van der Waals surface area contributed by atoms with Crippen LogP contribution in [0.15, 0.2) is 28.7 Å². The van der Waals surface area contributed by atoms with Crippen molar-refractivity contribution >= 4 is 10.9 Å². The van der Waals surface area contributed by atoms with Gasteiger partial charge in [0.1, 0.15) is 17.3 Å². The summed E-state index contributed by atoms with van der Waals surface area (Å²) in [5.41, 5.74) is 7.88. The molecule has 0 spiro atoms. The summed E-state index contributed by atoms with van der Waals surface area (Å²) in [5.74, 6) is 0.874. The largest absolute Gasteiger partial charge is 0.438 e. The highest BCUT2D eigenvalue weighted by Crippen LogP contribution is 2.25. The zero-order valence-corrected chi connectivity index (χ0v) is 9.83. The van der Waals surface area contributed by atoms with Crippen LogP contribution in [0.4, 0.5) is 4.39 Å². The fourth-order valence-electron chi connectivity index (χ4n) is 1.95. The third kappa shape index (κ3) is 1.69. The molecule has 0 fully saturated rings. The minimum atomic E-state index is -0.265. The molecule has 5 heteroatoms. The molecule has 1 aromatic carbocycles. The molecule has 0 amide bonds. The average Bonchev–Trinajstić information content (AvgIpc) is 2.91. The first kappa shape index (κ1) is 11.0. The van der Waals surface area contributed by atoms with Crippen molar-refractivity contribution in [3.8, 4) is 11.6 Å². The number of rotatable bonds is 2. The first-order valence-corrected chi connectivity index (χ1v) is 5.62. The van der Waals surface area contributed by atoms with Crippen LogP contribution >= 0.6 is 0 Å². The van der Waals surface area contributed by atoms with E-state index in [1.54, 1.807) is 6.07 Å². The Bertz CT molecular complexity index is 714. The van der Waals surface area contributed by atoms with Crippen molar-refractivity contribution in [1.82, 2.24) is 9.97 Å². The van der Waals surface area contributed by atoms with Gasteiger partial charge in [-0.2, -0.15) is 0 Å². The van der Waals surface area contributed by atoms with Crippen molar-refractivity contribution in [2.75, 3.05) is 0 Å². The van der Waals surface area contributed by atoms with Gasteiger partial charge in [-0.15, -0.1) is 0 Å². The Hall–Kier alpha value is -2.14. The lowest BCUT2D eigenvalue weighted by Gasteiger charge is -1.89. The molecule has 0 aliphatic rings. The molecule has 3 N–H and O–H groups in total. The molecule has 0 aliphatic carbocycles. The quantitative estimate of drug-likeness (QED) is 0.729. The number of nitrogens with zero attached hydrogens (tertiary/aromatic N) is 1. The predicted molar refractivity (Wildman–Crippen MR) is 66.4 cm³/mol. The topological polar surface area (TPSA) is 67.8 Å². The summed E-state index contributed by atoms with van der Waals surface area (Å²) in [6.07, 6.45) is 0. The SMILES string of the molecule is Cc1nc(-c2cc3cc(F)ccc3[nH]2)oc1CN. The number of aryl methyl sites for hydroxylation is 1. The summed E-state index contributed by atoms with van der Waals surface area (Å²) >= 11 is 0. The lowest BCUT2D eigenvalue weighted by atomic mass is 10.2. The zero-order chi connectivity index (χ0) is 12.7. The summed E-state index contributed by atoms with van der Waals surface area (Å²) in [4.78, 5) is 7.44.